The summed E-state index contributed by atoms with van der Waals surface area (Å²) >= 11 is 28.5. The van der Waals surface area contributed by atoms with Crippen LogP contribution in [0.4, 0.5) is 27.8 Å². The number of thiophene rings is 2. The Bertz CT molecular complexity index is 1980. The minimum absolute atomic E-state index is 0. The van der Waals surface area contributed by atoms with E-state index in [1.54, 1.807) is 22.7 Å². The van der Waals surface area contributed by atoms with Crippen molar-refractivity contribution in [2.45, 2.75) is 38.5 Å². The molecule has 4 aromatic carbocycles. The second-order valence-corrected chi connectivity index (χ2v) is 19.1. The summed E-state index contributed by atoms with van der Waals surface area (Å²) < 4.78 is 3.66. The zero-order valence-corrected chi connectivity index (χ0v) is 40.0. The molecular formula is C38H35Br2IN2S8. The van der Waals surface area contributed by atoms with Gasteiger partial charge in [0.1, 0.15) is 5.00 Å². The van der Waals surface area contributed by atoms with Crippen LogP contribution in [-0.2, 0) is 64.5 Å². The molecule has 2 aliphatic rings. The van der Waals surface area contributed by atoms with Crippen molar-refractivity contribution in [3.63, 3.8) is 0 Å². The first-order valence-corrected chi connectivity index (χ1v) is 23.6. The first-order valence-electron chi connectivity index (χ1n) is 15.2. The third kappa shape index (κ3) is 10.2. The van der Waals surface area contributed by atoms with Crippen molar-refractivity contribution in [2.75, 3.05) is 10.2 Å². The molecule has 0 saturated heterocycles. The van der Waals surface area contributed by atoms with Gasteiger partial charge < -0.3 is 10.2 Å². The number of anilines is 5. The molecule has 0 amide bonds. The molecule has 0 fully saturated rings. The predicted octanol–water partition coefficient (Wildman–Crippen LogP) is 13.9. The third-order valence-electron chi connectivity index (χ3n) is 8.48. The van der Waals surface area contributed by atoms with E-state index < -0.39 is 0 Å². The molecule has 0 radical (unpaired) electrons. The lowest BCUT2D eigenvalue weighted by Crippen LogP contribution is -2.30. The number of para-hydroxylation sites is 4. The number of rotatable bonds is 1. The number of hydrogen-bond donors (Lipinski definition) is 1. The Labute approximate surface area is 370 Å². The first kappa shape index (κ1) is 44.4. The standard InChI is InChI=1S/C19H16BrNS.C15H15N.C4H2BrIS.S3.S2.H2S/c1-19(2)13-7-3-5-9-16(13)21(18-15(20)11-12-22-18)17-10-6-4-8-14(17)19;1-15(2)11-7-3-5-9-13(11)16-14-10-6-4-8-12(14)15;5-3-1-2-7-4(3)6;1-3-2;1-2;/h3-12H,1-2H3;3-10,16H,1-2H3;1-2H;;;1H2. The van der Waals surface area contributed by atoms with Crippen LogP contribution in [0, 0.1) is 2.88 Å². The van der Waals surface area contributed by atoms with Gasteiger partial charge in [0.2, 0.25) is 0 Å². The van der Waals surface area contributed by atoms with Crippen LogP contribution in [0.25, 0.3) is 0 Å². The highest BCUT2D eigenvalue weighted by molar-refractivity contribution is 14.1. The van der Waals surface area contributed by atoms with Gasteiger partial charge in [-0.25, -0.2) is 0 Å². The Morgan fingerprint density at radius 2 is 0.980 bits per heavy atom. The van der Waals surface area contributed by atoms with Crippen LogP contribution >= 0.6 is 90.6 Å². The second-order valence-electron chi connectivity index (χ2n) is 12.0. The maximum atomic E-state index is 4.12. The van der Waals surface area contributed by atoms with Crippen molar-refractivity contribution >= 4 is 172 Å². The van der Waals surface area contributed by atoms with E-state index in [9.17, 15) is 0 Å². The summed E-state index contributed by atoms with van der Waals surface area (Å²) in [5, 5.41) is 8.92. The van der Waals surface area contributed by atoms with Gasteiger partial charge in [-0.15, -0.1) is 22.7 Å². The lowest BCUT2D eigenvalue weighted by atomic mass is 9.74. The fourth-order valence-electron chi connectivity index (χ4n) is 6.17. The number of nitrogens with one attached hydrogen (secondary N) is 1. The lowest BCUT2D eigenvalue weighted by Gasteiger charge is -2.41. The van der Waals surface area contributed by atoms with E-state index in [1.807, 2.05) is 6.07 Å². The minimum Gasteiger partial charge on any atom is -0.355 e. The van der Waals surface area contributed by atoms with Crippen LogP contribution < -0.4 is 10.2 Å². The zero-order valence-electron chi connectivity index (χ0n) is 28.0. The minimum atomic E-state index is 0. The highest BCUT2D eigenvalue weighted by atomic mass is 127. The molecule has 0 spiro atoms. The Kier molecular flexibility index (Phi) is 18.0. The zero-order chi connectivity index (χ0) is 36.5. The van der Waals surface area contributed by atoms with Crippen LogP contribution in [0.5, 0.6) is 0 Å². The van der Waals surface area contributed by atoms with Crippen LogP contribution in [-0.4, -0.2) is 0 Å². The number of nitrogens with zero attached hydrogens (tertiary/aromatic N) is 1. The van der Waals surface area contributed by atoms with Crippen LogP contribution in [0.1, 0.15) is 49.9 Å². The molecule has 0 aliphatic carbocycles. The fraction of sp³-hybridized carbons (Fsp3) is 0.158. The predicted molar refractivity (Wildman–Crippen MR) is 259 cm³/mol. The highest BCUT2D eigenvalue weighted by Crippen LogP contribution is 2.54. The molecule has 6 aromatic rings. The van der Waals surface area contributed by atoms with E-state index in [0.29, 0.717) is 0 Å². The summed E-state index contributed by atoms with van der Waals surface area (Å²) in [7, 11) is 0.917. The van der Waals surface area contributed by atoms with Gasteiger partial charge in [0, 0.05) is 80.3 Å². The number of fused-ring (bicyclic) bond motifs is 4. The molecule has 0 atom stereocenters. The van der Waals surface area contributed by atoms with Gasteiger partial charge in [-0.2, -0.15) is 13.5 Å². The molecule has 0 bridgehead atoms. The quantitative estimate of drug-likeness (QED) is 0.164. The molecule has 51 heavy (non-hydrogen) atoms. The smallest absolute Gasteiger partial charge is 0.114 e. The Hall–Kier alpha value is -0.980. The summed E-state index contributed by atoms with van der Waals surface area (Å²) in [4.78, 5) is 2.38. The van der Waals surface area contributed by atoms with Crippen molar-refractivity contribution in [1.29, 1.82) is 0 Å². The molecule has 266 valence electrons. The third-order valence-corrected chi connectivity index (χ3v) is 14.0. The molecular weight excluding hydrogens is 1030 g/mol. The molecule has 2 nitrogen and oxygen atoms in total. The van der Waals surface area contributed by atoms with Gasteiger partial charge in [0.25, 0.3) is 0 Å². The highest BCUT2D eigenvalue weighted by Gasteiger charge is 2.37. The van der Waals surface area contributed by atoms with Crippen LogP contribution in [0.3, 0.4) is 0 Å². The Balaban J connectivity index is 0.000000212. The van der Waals surface area contributed by atoms with Crippen LogP contribution in [0.2, 0.25) is 0 Å². The van der Waals surface area contributed by atoms with Gasteiger partial charge in [0.05, 0.1) is 18.7 Å². The van der Waals surface area contributed by atoms with E-state index in [4.69, 9.17) is 0 Å². The molecule has 2 aliphatic heterocycles. The second kappa shape index (κ2) is 20.6. The summed E-state index contributed by atoms with van der Waals surface area (Å²) in [5.74, 6) is 0. The van der Waals surface area contributed by atoms with E-state index >= 15 is 0 Å². The Morgan fingerprint density at radius 3 is 1.35 bits per heavy atom. The van der Waals surface area contributed by atoms with E-state index in [0.717, 1.165) is 13.4 Å². The van der Waals surface area contributed by atoms with Crippen molar-refractivity contribution in [2.24, 2.45) is 0 Å². The maximum Gasteiger partial charge on any atom is 0.114 e. The van der Waals surface area contributed by atoms with Gasteiger partial charge in [0.15, 0.2) is 0 Å². The summed E-state index contributed by atoms with van der Waals surface area (Å²) in [6.45, 7) is 9.19. The van der Waals surface area contributed by atoms with E-state index in [1.165, 1.54) is 57.4 Å². The van der Waals surface area contributed by atoms with Crippen LogP contribution in [0.15, 0.2) is 129 Å². The summed E-state index contributed by atoms with van der Waals surface area (Å²) in [5.41, 5.74) is 10.6. The van der Waals surface area contributed by atoms with Gasteiger partial charge in [-0.1, -0.05) is 100 Å². The Morgan fingerprint density at radius 1 is 0.608 bits per heavy atom. The number of benzene rings is 4. The average molecular weight is 1060 g/mol. The monoisotopic (exact) mass is 1060 g/mol. The van der Waals surface area contributed by atoms with Crippen molar-refractivity contribution in [1.82, 2.24) is 0 Å². The fourth-order valence-corrected chi connectivity index (χ4v) is 9.47. The molecule has 2 aromatic heterocycles. The van der Waals surface area contributed by atoms with Crippen molar-refractivity contribution < 1.29 is 0 Å². The molecule has 1 N–H and O–H groups in total. The van der Waals surface area contributed by atoms with E-state index in [2.05, 4.69) is 251 Å². The molecule has 4 heterocycles. The summed E-state index contributed by atoms with van der Waals surface area (Å²) in [6.07, 6.45) is 0. The van der Waals surface area contributed by atoms with Gasteiger partial charge in [-0.05, 0) is 124 Å². The summed E-state index contributed by atoms with van der Waals surface area (Å²) in [6, 6.07) is 38.7. The maximum absolute atomic E-state index is 4.12. The van der Waals surface area contributed by atoms with Crippen molar-refractivity contribution in [3.8, 4) is 0 Å². The molecule has 13 heteroatoms. The first-order chi connectivity index (χ1) is 24.0. The number of halogens is 3. The van der Waals surface area contributed by atoms with Gasteiger partial charge in [-0.3, -0.25) is 0 Å². The van der Waals surface area contributed by atoms with E-state index in [-0.39, 0.29) is 24.3 Å². The number of hydrogen-bond acceptors (Lipinski definition) is 8. The largest absolute Gasteiger partial charge is 0.355 e. The topological polar surface area (TPSA) is 15.3 Å². The lowest BCUT2D eigenvalue weighted by molar-refractivity contribution is 0.632. The molecule has 0 unspecified atom stereocenters. The van der Waals surface area contributed by atoms with Gasteiger partial charge >= 0.3 is 0 Å². The molecule has 8 rings (SSSR count). The van der Waals surface area contributed by atoms with Crippen molar-refractivity contribution in [3.05, 3.63) is 154 Å². The SMILES string of the molecule is Brc1ccsc1I.CC1(C)c2ccccc2N(c2sccc2Br)c2ccccc21.CC1(C)c2ccccc2Nc2ccccc21.S.S=S.S=S=S. The normalized spacial score (nSPS) is 13.2. The molecule has 0 saturated carbocycles. The average Bonchev–Trinajstić information content (AvgIpc) is 3.73.